The maximum absolute atomic E-state index is 12.8. The molecule has 128 valence electrons. The second-order valence-electron chi connectivity index (χ2n) is 6.46. The van der Waals surface area contributed by atoms with Gasteiger partial charge in [-0.2, -0.15) is 4.98 Å². The van der Waals surface area contributed by atoms with Gasteiger partial charge in [0.2, 0.25) is 5.91 Å². The van der Waals surface area contributed by atoms with Crippen molar-refractivity contribution in [3.8, 4) is 0 Å². The molecule has 0 aliphatic carbocycles. The Morgan fingerprint density at radius 1 is 1.28 bits per heavy atom. The quantitative estimate of drug-likeness (QED) is 0.731. The maximum atomic E-state index is 12.8. The highest BCUT2D eigenvalue weighted by Crippen LogP contribution is 2.30. The van der Waals surface area contributed by atoms with E-state index in [0.717, 1.165) is 36.5 Å². The van der Waals surface area contributed by atoms with Crippen LogP contribution in [0.5, 0.6) is 0 Å². The number of carbonyl (C=O) groups is 1. The van der Waals surface area contributed by atoms with E-state index in [4.69, 9.17) is 0 Å². The summed E-state index contributed by atoms with van der Waals surface area (Å²) >= 11 is 0. The predicted octanol–water partition coefficient (Wildman–Crippen LogP) is 2.04. The monoisotopic (exact) mass is 336 g/mol. The number of amides is 1. The van der Waals surface area contributed by atoms with E-state index in [1.54, 1.807) is 10.7 Å². The van der Waals surface area contributed by atoms with Gasteiger partial charge in [0, 0.05) is 24.1 Å². The van der Waals surface area contributed by atoms with Gasteiger partial charge < -0.3 is 4.90 Å². The number of aromatic nitrogens is 5. The van der Waals surface area contributed by atoms with Crippen LogP contribution >= 0.6 is 0 Å². The van der Waals surface area contributed by atoms with E-state index < -0.39 is 0 Å². The molecule has 1 saturated heterocycles. The van der Waals surface area contributed by atoms with Crippen LogP contribution in [0, 0.1) is 13.8 Å². The van der Waals surface area contributed by atoms with Gasteiger partial charge in [-0.1, -0.05) is 6.07 Å². The minimum absolute atomic E-state index is 0.0402. The van der Waals surface area contributed by atoms with Crippen LogP contribution in [-0.4, -0.2) is 41.9 Å². The Hall–Kier alpha value is -2.83. The number of carbonyl (C=O) groups excluding carboxylic acids is 1. The van der Waals surface area contributed by atoms with Gasteiger partial charge in [-0.3, -0.25) is 9.78 Å². The number of nitrogens with zero attached hydrogens (tertiary/aromatic N) is 6. The fraction of sp³-hybridized carbons (Fsp3) is 0.389. The Morgan fingerprint density at radius 3 is 2.96 bits per heavy atom. The molecular formula is C18H20N6O. The molecule has 1 atom stereocenters. The smallest absolute Gasteiger partial charge is 0.252 e. The van der Waals surface area contributed by atoms with Crippen molar-refractivity contribution in [3.63, 3.8) is 0 Å². The fourth-order valence-corrected chi connectivity index (χ4v) is 3.47. The highest BCUT2D eigenvalue weighted by atomic mass is 16.2. The fourth-order valence-electron chi connectivity index (χ4n) is 3.47. The number of rotatable bonds is 3. The lowest BCUT2D eigenvalue weighted by atomic mass is 10.1. The lowest BCUT2D eigenvalue weighted by Gasteiger charge is -2.23. The standard InChI is InChI=1S/C18H20N6O/c1-12-10-13(2)24-18(20-12)21-16(22-24)11-17(25)23-9-5-7-15(23)14-6-3-4-8-19-14/h3-4,6,8,10,15H,5,7,9,11H2,1-2H3/t15-/m0/s1. The topological polar surface area (TPSA) is 76.3 Å². The zero-order valence-corrected chi connectivity index (χ0v) is 14.4. The third kappa shape index (κ3) is 2.97. The molecular weight excluding hydrogens is 316 g/mol. The van der Waals surface area contributed by atoms with Crippen LogP contribution in [0.25, 0.3) is 5.78 Å². The van der Waals surface area contributed by atoms with E-state index in [1.807, 2.05) is 43.0 Å². The molecule has 4 heterocycles. The van der Waals surface area contributed by atoms with Gasteiger partial charge in [0.25, 0.3) is 5.78 Å². The molecule has 0 unspecified atom stereocenters. The highest BCUT2D eigenvalue weighted by molar-refractivity contribution is 5.78. The van der Waals surface area contributed by atoms with Crippen molar-refractivity contribution in [1.82, 2.24) is 29.5 Å². The maximum Gasteiger partial charge on any atom is 0.252 e. The molecule has 0 spiro atoms. The zero-order chi connectivity index (χ0) is 17.4. The molecule has 1 amide bonds. The summed E-state index contributed by atoms with van der Waals surface area (Å²) in [6, 6.07) is 7.83. The Kier molecular flexibility index (Phi) is 3.91. The van der Waals surface area contributed by atoms with Crippen molar-refractivity contribution < 1.29 is 4.79 Å². The van der Waals surface area contributed by atoms with Crippen LogP contribution in [-0.2, 0) is 11.2 Å². The lowest BCUT2D eigenvalue weighted by Crippen LogP contribution is -2.32. The van der Waals surface area contributed by atoms with Crippen molar-refractivity contribution in [1.29, 1.82) is 0 Å². The normalized spacial score (nSPS) is 17.4. The lowest BCUT2D eigenvalue weighted by molar-refractivity contribution is -0.131. The van der Waals surface area contributed by atoms with E-state index in [9.17, 15) is 4.79 Å². The molecule has 3 aromatic rings. The van der Waals surface area contributed by atoms with Gasteiger partial charge in [0.15, 0.2) is 5.82 Å². The first-order valence-corrected chi connectivity index (χ1v) is 8.52. The highest BCUT2D eigenvalue weighted by Gasteiger charge is 2.31. The van der Waals surface area contributed by atoms with Gasteiger partial charge in [0.05, 0.1) is 18.2 Å². The molecule has 1 aliphatic heterocycles. The average Bonchev–Trinajstić information content (AvgIpc) is 3.22. The number of fused-ring (bicyclic) bond motifs is 1. The molecule has 4 rings (SSSR count). The van der Waals surface area contributed by atoms with Gasteiger partial charge in [-0.25, -0.2) is 9.50 Å². The third-order valence-electron chi connectivity index (χ3n) is 4.57. The minimum atomic E-state index is 0.0402. The van der Waals surface area contributed by atoms with Gasteiger partial charge in [-0.15, -0.1) is 5.10 Å². The van der Waals surface area contributed by atoms with Gasteiger partial charge in [0.1, 0.15) is 0 Å². The molecule has 0 saturated carbocycles. The summed E-state index contributed by atoms with van der Waals surface area (Å²) in [5, 5.41) is 4.44. The Balaban J connectivity index is 1.56. The number of likely N-dealkylation sites (tertiary alicyclic amines) is 1. The van der Waals surface area contributed by atoms with E-state index in [1.165, 1.54) is 0 Å². The van der Waals surface area contributed by atoms with Crippen LogP contribution in [0.15, 0.2) is 30.5 Å². The summed E-state index contributed by atoms with van der Waals surface area (Å²) in [7, 11) is 0. The van der Waals surface area contributed by atoms with E-state index >= 15 is 0 Å². The van der Waals surface area contributed by atoms with Gasteiger partial charge >= 0.3 is 0 Å². The average molecular weight is 336 g/mol. The van der Waals surface area contributed by atoms with Crippen LogP contribution < -0.4 is 0 Å². The second kappa shape index (κ2) is 6.23. The molecule has 1 aliphatic rings. The number of hydrogen-bond acceptors (Lipinski definition) is 5. The van der Waals surface area contributed by atoms with Crippen molar-refractivity contribution in [2.45, 2.75) is 39.2 Å². The van der Waals surface area contributed by atoms with Crippen molar-refractivity contribution in [2.75, 3.05) is 6.54 Å². The first-order valence-electron chi connectivity index (χ1n) is 8.52. The largest absolute Gasteiger partial charge is 0.334 e. The van der Waals surface area contributed by atoms with Crippen molar-refractivity contribution >= 4 is 11.7 Å². The summed E-state index contributed by atoms with van der Waals surface area (Å²) in [5.41, 5.74) is 2.80. The third-order valence-corrected chi connectivity index (χ3v) is 4.57. The summed E-state index contributed by atoms with van der Waals surface area (Å²) in [6.45, 7) is 4.64. The molecule has 0 bridgehead atoms. The molecule has 3 aromatic heterocycles. The zero-order valence-electron chi connectivity index (χ0n) is 14.4. The van der Waals surface area contributed by atoms with E-state index in [-0.39, 0.29) is 18.4 Å². The molecule has 1 fully saturated rings. The Morgan fingerprint density at radius 2 is 2.16 bits per heavy atom. The Bertz CT molecular complexity index is 920. The van der Waals surface area contributed by atoms with Crippen LogP contribution in [0.4, 0.5) is 0 Å². The van der Waals surface area contributed by atoms with Gasteiger partial charge in [-0.05, 0) is 44.9 Å². The summed E-state index contributed by atoms with van der Waals surface area (Å²) in [4.78, 5) is 27.9. The van der Waals surface area contributed by atoms with E-state index in [2.05, 4.69) is 20.1 Å². The minimum Gasteiger partial charge on any atom is -0.334 e. The summed E-state index contributed by atoms with van der Waals surface area (Å²) < 4.78 is 1.69. The first-order chi connectivity index (χ1) is 12.1. The molecule has 7 heteroatoms. The summed E-state index contributed by atoms with van der Waals surface area (Å²) in [6.07, 6.45) is 3.90. The predicted molar refractivity (Wildman–Crippen MR) is 91.9 cm³/mol. The molecule has 7 nitrogen and oxygen atoms in total. The first kappa shape index (κ1) is 15.7. The number of pyridine rings is 1. The molecule has 25 heavy (non-hydrogen) atoms. The molecule has 0 N–H and O–H groups in total. The molecule has 0 aromatic carbocycles. The molecule has 0 radical (unpaired) electrons. The van der Waals surface area contributed by atoms with Crippen LogP contribution in [0.2, 0.25) is 0 Å². The van der Waals surface area contributed by atoms with Crippen molar-refractivity contribution in [2.24, 2.45) is 0 Å². The SMILES string of the molecule is Cc1cc(C)n2nc(CC(=O)N3CCC[C@H]3c3ccccn3)nc2n1. The van der Waals surface area contributed by atoms with Crippen LogP contribution in [0.1, 0.15) is 41.8 Å². The Labute approximate surface area is 145 Å². The number of aryl methyl sites for hydroxylation is 2. The van der Waals surface area contributed by atoms with Crippen molar-refractivity contribution in [3.05, 3.63) is 53.4 Å². The second-order valence-corrected chi connectivity index (χ2v) is 6.46. The number of hydrogen-bond donors (Lipinski definition) is 0. The van der Waals surface area contributed by atoms with Crippen LogP contribution in [0.3, 0.4) is 0 Å². The van der Waals surface area contributed by atoms with E-state index in [0.29, 0.717) is 11.6 Å². The summed E-state index contributed by atoms with van der Waals surface area (Å²) in [5.74, 6) is 1.10.